The van der Waals surface area contributed by atoms with Gasteiger partial charge in [0.05, 0.1) is 25.1 Å². The number of fused-ring (bicyclic) bond motifs is 1. The number of nitrogens with two attached hydrogens (primary N) is 1. The zero-order chi connectivity index (χ0) is 19.1. The molecule has 0 aliphatic rings. The summed E-state index contributed by atoms with van der Waals surface area (Å²) in [5.74, 6) is -0.397. The van der Waals surface area contributed by atoms with Crippen LogP contribution in [0.2, 0.25) is 0 Å². The van der Waals surface area contributed by atoms with Crippen LogP contribution in [-0.2, 0) is 14.8 Å². The molecule has 138 valence electrons. The van der Waals surface area contributed by atoms with Gasteiger partial charge in [-0.05, 0) is 32.0 Å². The van der Waals surface area contributed by atoms with Crippen LogP contribution in [0.4, 0.5) is 0 Å². The van der Waals surface area contributed by atoms with Crippen LogP contribution < -0.4 is 9.88 Å². The van der Waals surface area contributed by atoms with Crippen molar-refractivity contribution in [3.63, 3.8) is 0 Å². The number of ether oxygens (including phenoxy) is 2. The fourth-order valence-electron chi connectivity index (χ4n) is 2.50. The lowest BCUT2D eigenvalue weighted by Crippen LogP contribution is -2.13. The van der Waals surface area contributed by atoms with Gasteiger partial charge in [-0.25, -0.2) is 27.9 Å². The monoisotopic (exact) mass is 396 g/mol. The Kier molecular flexibility index (Phi) is 4.69. The molecule has 1 aromatic carbocycles. The van der Waals surface area contributed by atoms with E-state index in [9.17, 15) is 13.2 Å². The van der Waals surface area contributed by atoms with E-state index in [1.165, 1.54) is 23.8 Å². The number of hydrogen-bond donors (Lipinski definition) is 1. The van der Waals surface area contributed by atoms with Gasteiger partial charge in [0, 0.05) is 5.56 Å². The molecule has 0 fully saturated rings. The number of aromatic nitrogens is 3. The van der Waals surface area contributed by atoms with Crippen molar-refractivity contribution in [3.8, 4) is 17.0 Å². The topological polar surface area (TPSA) is 126 Å². The van der Waals surface area contributed by atoms with Crippen LogP contribution in [-0.4, -0.2) is 42.7 Å². The van der Waals surface area contributed by atoms with Crippen molar-refractivity contribution in [2.45, 2.75) is 18.7 Å². The van der Waals surface area contributed by atoms with E-state index in [-0.39, 0.29) is 22.3 Å². The predicted octanol–water partition coefficient (Wildman–Crippen LogP) is 1.60. The lowest BCUT2D eigenvalue weighted by molar-refractivity contribution is 0.0524. The predicted molar refractivity (Wildman–Crippen MR) is 94.9 cm³/mol. The highest BCUT2D eigenvalue weighted by Crippen LogP contribution is 2.32. The smallest absolute Gasteiger partial charge is 0.369 e. The third-order valence-electron chi connectivity index (χ3n) is 3.57. The van der Waals surface area contributed by atoms with E-state index in [2.05, 4.69) is 10.1 Å². The Morgan fingerprint density at radius 3 is 2.73 bits per heavy atom. The highest BCUT2D eigenvalue weighted by atomic mass is 32.2. The summed E-state index contributed by atoms with van der Waals surface area (Å²) in [4.78, 5) is 16.6. The average Bonchev–Trinajstić information content (AvgIpc) is 3.10. The molecular formula is C15H16N4O5S2. The average molecular weight is 396 g/mol. The highest BCUT2D eigenvalue weighted by molar-refractivity contribution is 7.89. The largest absolute Gasteiger partial charge is 0.495 e. The molecule has 0 aliphatic carbocycles. The zero-order valence-electron chi connectivity index (χ0n) is 14.2. The number of carbonyl (C=O) groups excluding carboxylic acids is 1. The summed E-state index contributed by atoms with van der Waals surface area (Å²) in [6.45, 7) is 3.71. The first-order chi connectivity index (χ1) is 12.3. The molecule has 9 nitrogen and oxygen atoms in total. The molecule has 0 atom stereocenters. The molecule has 0 aliphatic heterocycles. The maximum atomic E-state index is 11.9. The molecule has 2 N–H and O–H groups in total. The van der Waals surface area contributed by atoms with Crippen LogP contribution in [0.5, 0.6) is 5.75 Å². The van der Waals surface area contributed by atoms with Gasteiger partial charge >= 0.3 is 5.97 Å². The van der Waals surface area contributed by atoms with Gasteiger partial charge in [0.25, 0.3) is 0 Å². The Hall–Kier alpha value is -2.50. The molecule has 0 spiro atoms. The molecule has 3 rings (SSSR count). The first kappa shape index (κ1) is 18.3. The maximum Gasteiger partial charge on any atom is 0.369 e. The van der Waals surface area contributed by atoms with E-state index in [0.717, 1.165) is 11.3 Å². The maximum absolute atomic E-state index is 11.9. The SMILES string of the molecule is CCOC(=O)c1nn2c(-c3ccc(OC)c(S(N)(=O)=O)c3)c(C)nc2s1. The van der Waals surface area contributed by atoms with Gasteiger partial charge in [-0.3, -0.25) is 0 Å². The van der Waals surface area contributed by atoms with Crippen LogP contribution >= 0.6 is 11.3 Å². The van der Waals surface area contributed by atoms with E-state index < -0.39 is 16.0 Å². The van der Waals surface area contributed by atoms with E-state index in [0.29, 0.717) is 21.9 Å². The van der Waals surface area contributed by atoms with Crippen LogP contribution in [0.25, 0.3) is 16.2 Å². The van der Waals surface area contributed by atoms with E-state index in [1.54, 1.807) is 19.9 Å². The van der Waals surface area contributed by atoms with Crippen molar-refractivity contribution < 1.29 is 22.7 Å². The second-order valence-electron chi connectivity index (χ2n) is 5.28. The molecule has 3 aromatic rings. The standard InChI is InChI=1S/C15H16N4O5S2/c1-4-24-14(20)13-18-19-12(8(2)17-15(19)25-13)9-5-6-10(23-3)11(7-9)26(16,21)22/h5-7H,4H2,1-3H3,(H2,16,21,22). The molecule has 11 heteroatoms. The van der Waals surface area contributed by atoms with Crippen molar-refractivity contribution >= 4 is 32.3 Å². The first-order valence-electron chi connectivity index (χ1n) is 7.50. The van der Waals surface area contributed by atoms with Gasteiger partial charge in [-0.1, -0.05) is 11.3 Å². The molecule has 0 saturated carbocycles. The number of hydrogen-bond acceptors (Lipinski definition) is 8. The summed E-state index contributed by atoms with van der Waals surface area (Å²) in [6.07, 6.45) is 0. The van der Waals surface area contributed by atoms with Crippen molar-refractivity contribution in [3.05, 3.63) is 28.9 Å². The minimum atomic E-state index is -3.99. The molecule has 2 heterocycles. The molecule has 26 heavy (non-hydrogen) atoms. The summed E-state index contributed by atoms with van der Waals surface area (Å²) in [7, 11) is -2.63. The highest BCUT2D eigenvalue weighted by Gasteiger charge is 2.22. The fourth-order valence-corrected chi connectivity index (χ4v) is 4.06. The molecule has 0 radical (unpaired) electrons. The minimum absolute atomic E-state index is 0.139. The van der Waals surface area contributed by atoms with Gasteiger partial charge in [0.15, 0.2) is 0 Å². The van der Waals surface area contributed by atoms with Gasteiger partial charge in [0.2, 0.25) is 20.0 Å². The summed E-state index contributed by atoms with van der Waals surface area (Å²) < 4.78 is 35.2. The van der Waals surface area contributed by atoms with Gasteiger partial charge in [0.1, 0.15) is 10.6 Å². The molecular weight excluding hydrogens is 380 g/mol. The lowest BCUT2D eigenvalue weighted by Gasteiger charge is -2.09. The number of primary sulfonamides is 1. The van der Waals surface area contributed by atoms with Crippen molar-refractivity contribution in [1.82, 2.24) is 14.6 Å². The number of carbonyl (C=O) groups is 1. The molecule has 0 amide bonds. The second-order valence-corrected chi connectivity index (χ2v) is 7.76. The minimum Gasteiger partial charge on any atom is -0.495 e. The number of rotatable bonds is 5. The Labute approximate surface area is 153 Å². The third-order valence-corrected chi connectivity index (χ3v) is 5.39. The first-order valence-corrected chi connectivity index (χ1v) is 9.87. The van der Waals surface area contributed by atoms with Crippen LogP contribution in [0.1, 0.15) is 22.4 Å². The fraction of sp³-hybridized carbons (Fsp3) is 0.267. The van der Waals surface area contributed by atoms with E-state index in [4.69, 9.17) is 14.6 Å². The second kappa shape index (κ2) is 6.67. The Morgan fingerprint density at radius 2 is 2.12 bits per heavy atom. The normalized spacial score (nSPS) is 11.7. The molecule has 0 saturated heterocycles. The van der Waals surface area contributed by atoms with Gasteiger partial charge < -0.3 is 9.47 Å². The number of methoxy groups -OCH3 is 1. The van der Waals surface area contributed by atoms with Crippen molar-refractivity contribution in [1.29, 1.82) is 0 Å². The number of esters is 1. The van der Waals surface area contributed by atoms with E-state index >= 15 is 0 Å². The number of aryl methyl sites for hydroxylation is 1. The van der Waals surface area contributed by atoms with Crippen molar-refractivity contribution in [2.75, 3.05) is 13.7 Å². The summed E-state index contributed by atoms with van der Waals surface area (Å²) in [5, 5.41) is 9.69. The zero-order valence-corrected chi connectivity index (χ0v) is 15.8. The number of benzene rings is 1. The third kappa shape index (κ3) is 3.16. The van der Waals surface area contributed by atoms with Crippen LogP contribution in [0.15, 0.2) is 23.1 Å². The molecule has 2 aromatic heterocycles. The van der Waals surface area contributed by atoms with Crippen molar-refractivity contribution in [2.24, 2.45) is 5.14 Å². The Bertz CT molecular complexity index is 1100. The van der Waals surface area contributed by atoms with E-state index in [1.807, 2.05) is 0 Å². The summed E-state index contributed by atoms with van der Waals surface area (Å²) in [5.41, 5.74) is 1.71. The Morgan fingerprint density at radius 1 is 1.38 bits per heavy atom. The van der Waals surface area contributed by atoms with Gasteiger partial charge in [-0.15, -0.1) is 5.10 Å². The summed E-state index contributed by atoms with van der Waals surface area (Å²) >= 11 is 1.09. The number of imidazole rings is 1. The van der Waals surface area contributed by atoms with Gasteiger partial charge in [-0.2, -0.15) is 0 Å². The molecule has 0 bridgehead atoms. The van der Waals surface area contributed by atoms with Crippen LogP contribution in [0, 0.1) is 6.92 Å². The number of sulfonamides is 1. The van der Waals surface area contributed by atoms with Crippen LogP contribution in [0.3, 0.4) is 0 Å². The lowest BCUT2D eigenvalue weighted by atomic mass is 10.1. The Balaban J connectivity index is 2.19. The number of nitrogens with zero attached hydrogens (tertiary/aromatic N) is 3. The summed E-state index contributed by atoms with van der Waals surface area (Å²) in [6, 6.07) is 4.58. The quantitative estimate of drug-likeness (QED) is 0.649. The molecule has 0 unspecified atom stereocenters.